The summed E-state index contributed by atoms with van der Waals surface area (Å²) in [5.74, 6) is 0.562. The summed E-state index contributed by atoms with van der Waals surface area (Å²) in [5, 5.41) is 10.2. The van der Waals surface area contributed by atoms with E-state index in [1.54, 1.807) is 0 Å². The lowest BCUT2D eigenvalue weighted by Gasteiger charge is -2.35. The van der Waals surface area contributed by atoms with Gasteiger partial charge in [0.05, 0.1) is 0 Å². The van der Waals surface area contributed by atoms with E-state index in [9.17, 15) is 5.11 Å². The molecule has 1 fully saturated rings. The standard InChI is InChI=1S/C18H32N2O2Si/c1-23(2,3)12-11-22-18(21)20-9-7-16(8-10-20)17-6-4-5-15(13-17)14-19/h4-6,13,16,18,21H,7-12,14,19H2,1-3H3. The predicted molar refractivity (Wildman–Crippen MR) is 98.0 cm³/mol. The molecule has 1 heterocycles. The number of nitrogens with zero attached hydrogens (tertiary/aromatic N) is 1. The summed E-state index contributed by atoms with van der Waals surface area (Å²) < 4.78 is 5.63. The molecule has 1 saturated heterocycles. The van der Waals surface area contributed by atoms with Crippen molar-refractivity contribution in [1.29, 1.82) is 0 Å². The van der Waals surface area contributed by atoms with Crippen LogP contribution in [0.15, 0.2) is 24.3 Å². The van der Waals surface area contributed by atoms with E-state index in [0.29, 0.717) is 19.1 Å². The van der Waals surface area contributed by atoms with Crippen molar-refractivity contribution in [3.63, 3.8) is 0 Å². The van der Waals surface area contributed by atoms with Crippen LogP contribution in [0.25, 0.3) is 0 Å². The van der Waals surface area contributed by atoms with Gasteiger partial charge in [-0.3, -0.25) is 4.90 Å². The third kappa shape index (κ3) is 6.01. The number of likely N-dealkylation sites (tertiary alicyclic amines) is 1. The number of benzene rings is 1. The number of hydrogen-bond acceptors (Lipinski definition) is 4. The molecule has 0 spiro atoms. The van der Waals surface area contributed by atoms with Gasteiger partial charge < -0.3 is 15.6 Å². The molecule has 1 aromatic carbocycles. The summed E-state index contributed by atoms with van der Waals surface area (Å²) >= 11 is 0. The van der Waals surface area contributed by atoms with Gasteiger partial charge in [-0.05, 0) is 35.9 Å². The maximum atomic E-state index is 10.2. The third-order valence-electron chi connectivity index (χ3n) is 4.62. The molecule has 0 aromatic heterocycles. The fourth-order valence-corrected chi connectivity index (χ4v) is 3.73. The molecule has 0 bridgehead atoms. The summed E-state index contributed by atoms with van der Waals surface area (Å²) in [6, 6.07) is 9.68. The number of aliphatic hydroxyl groups is 1. The van der Waals surface area contributed by atoms with E-state index in [0.717, 1.165) is 32.0 Å². The lowest BCUT2D eigenvalue weighted by atomic mass is 9.89. The van der Waals surface area contributed by atoms with Gasteiger partial charge in [-0.25, -0.2) is 0 Å². The van der Waals surface area contributed by atoms with Crippen molar-refractivity contribution in [2.75, 3.05) is 19.7 Å². The molecule has 5 heteroatoms. The Labute approximate surface area is 141 Å². The highest BCUT2D eigenvalue weighted by molar-refractivity contribution is 6.76. The molecular formula is C18H32N2O2Si. The fourth-order valence-electron chi connectivity index (χ4n) is 3.00. The Morgan fingerprint density at radius 1 is 1.30 bits per heavy atom. The van der Waals surface area contributed by atoms with Gasteiger partial charge in [0.15, 0.2) is 0 Å². The van der Waals surface area contributed by atoms with Gasteiger partial charge in [-0.15, -0.1) is 0 Å². The molecule has 2 rings (SSSR count). The van der Waals surface area contributed by atoms with Crippen molar-refractivity contribution in [1.82, 2.24) is 4.90 Å². The predicted octanol–water partition coefficient (Wildman–Crippen LogP) is 2.96. The van der Waals surface area contributed by atoms with Crippen molar-refractivity contribution in [3.05, 3.63) is 35.4 Å². The fraction of sp³-hybridized carbons (Fsp3) is 0.667. The summed E-state index contributed by atoms with van der Waals surface area (Å²) in [4.78, 5) is 2.05. The minimum absolute atomic E-state index is 0.562. The number of aliphatic hydroxyl groups excluding tert-OH is 1. The molecule has 1 unspecified atom stereocenters. The molecule has 4 nitrogen and oxygen atoms in total. The number of hydrogen-bond donors (Lipinski definition) is 2. The van der Waals surface area contributed by atoms with Gasteiger partial charge in [0.1, 0.15) is 0 Å². The quantitative estimate of drug-likeness (QED) is 0.594. The van der Waals surface area contributed by atoms with Crippen LogP contribution in [0, 0.1) is 0 Å². The van der Waals surface area contributed by atoms with Crippen LogP contribution in [0.1, 0.15) is 29.9 Å². The smallest absolute Gasteiger partial charge is 0.216 e. The molecule has 1 aliphatic rings. The third-order valence-corrected chi connectivity index (χ3v) is 6.32. The first-order chi connectivity index (χ1) is 10.9. The van der Waals surface area contributed by atoms with Crippen molar-refractivity contribution in [2.24, 2.45) is 5.73 Å². The number of ether oxygens (including phenoxy) is 1. The summed E-state index contributed by atoms with van der Waals surface area (Å²) in [6.07, 6.45) is 1.37. The van der Waals surface area contributed by atoms with Gasteiger partial charge in [-0.1, -0.05) is 43.9 Å². The lowest BCUT2D eigenvalue weighted by molar-refractivity contribution is -0.195. The molecule has 1 aliphatic heterocycles. The Morgan fingerprint density at radius 3 is 2.61 bits per heavy atom. The van der Waals surface area contributed by atoms with E-state index in [1.165, 1.54) is 11.1 Å². The SMILES string of the molecule is C[Si](C)(C)CCOC(O)N1CCC(c2cccc(CN)c2)CC1. The van der Waals surface area contributed by atoms with Crippen LogP contribution in [0.3, 0.4) is 0 Å². The Kier molecular flexibility index (Phi) is 6.80. The summed E-state index contributed by atoms with van der Waals surface area (Å²) in [6.45, 7) is 9.99. The Balaban J connectivity index is 1.78. The number of nitrogens with two attached hydrogens (primary N) is 1. The van der Waals surface area contributed by atoms with Crippen LogP contribution in [0.5, 0.6) is 0 Å². The summed E-state index contributed by atoms with van der Waals surface area (Å²) in [7, 11) is -1.10. The average molecular weight is 337 g/mol. The zero-order valence-electron chi connectivity index (χ0n) is 14.8. The topological polar surface area (TPSA) is 58.7 Å². The van der Waals surface area contributed by atoms with Gasteiger partial charge >= 0.3 is 0 Å². The van der Waals surface area contributed by atoms with Crippen molar-refractivity contribution in [3.8, 4) is 0 Å². The van der Waals surface area contributed by atoms with E-state index >= 15 is 0 Å². The Hall–Kier alpha value is -0.723. The maximum Gasteiger partial charge on any atom is 0.216 e. The van der Waals surface area contributed by atoms with E-state index in [4.69, 9.17) is 10.5 Å². The molecule has 0 aliphatic carbocycles. The second-order valence-electron chi connectivity index (χ2n) is 7.77. The molecule has 0 amide bonds. The van der Waals surface area contributed by atoms with Crippen molar-refractivity contribution < 1.29 is 9.84 Å². The van der Waals surface area contributed by atoms with Gasteiger partial charge in [0, 0.05) is 34.3 Å². The highest BCUT2D eigenvalue weighted by atomic mass is 28.3. The maximum absolute atomic E-state index is 10.2. The van der Waals surface area contributed by atoms with Crippen LogP contribution in [0.4, 0.5) is 0 Å². The Morgan fingerprint density at radius 2 is 2.00 bits per heavy atom. The molecule has 130 valence electrons. The molecule has 1 aromatic rings. The van der Waals surface area contributed by atoms with E-state index in [-0.39, 0.29) is 0 Å². The van der Waals surface area contributed by atoms with Gasteiger partial charge in [0.25, 0.3) is 0 Å². The zero-order chi connectivity index (χ0) is 16.9. The van der Waals surface area contributed by atoms with Crippen LogP contribution >= 0.6 is 0 Å². The Bertz CT molecular complexity index is 482. The first kappa shape index (κ1) is 18.6. The highest BCUT2D eigenvalue weighted by Crippen LogP contribution is 2.29. The number of rotatable bonds is 7. The van der Waals surface area contributed by atoms with Crippen LogP contribution < -0.4 is 5.73 Å². The molecule has 1 atom stereocenters. The molecular weight excluding hydrogens is 304 g/mol. The molecule has 3 N–H and O–H groups in total. The first-order valence-electron chi connectivity index (χ1n) is 8.72. The minimum Gasteiger partial charge on any atom is -0.356 e. The van der Waals surface area contributed by atoms with Gasteiger partial charge in [-0.2, -0.15) is 0 Å². The lowest BCUT2D eigenvalue weighted by Crippen LogP contribution is -2.43. The van der Waals surface area contributed by atoms with Crippen LogP contribution in [-0.4, -0.2) is 44.2 Å². The van der Waals surface area contributed by atoms with Crippen molar-refractivity contribution >= 4 is 8.07 Å². The van der Waals surface area contributed by atoms with Crippen LogP contribution in [0.2, 0.25) is 25.7 Å². The minimum atomic E-state index is -1.10. The summed E-state index contributed by atoms with van der Waals surface area (Å²) in [5.41, 5.74) is 8.30. The molecule has 23 heavy (non-hydrogen) atoms. The first-order valence-corrected chi connectivity index (χ1v) is 12.4. The largest absolute Gasteiger partial charge is 0.356 e. The van der Waals surface area contributed by atoms with E-state index in [1.807, 2.05) is 4.90 Å². The molecule has 0 saturated carbocycles. The molecule has 0 radical (unpaired) electrons. The number of piperidine rings is 1. The average Bonchev–Trinajstić information content (AvgIpc) is 2.54. The van der Waals surface area contributed by atoms with E-state index < -0.39 is 14.5 Å². The van der Waals surface area contributed by atoms with E-state index in [2.05, 4.69) is 43.9 Å². The van der Waals surface area contributed by atoms with Gasteiger partial charge in [0.2, 0.25) is 6.41 Å². The van der Waals surface area contributed by atoms with Crippen LogP contribution in [-0.2, 0) is 11.3 Å². The monoisotopic (exact) mass is 336 g/mol. The second-order valence-corrected chi connectivity index (χ2v) is 13.4. The normalized spacial score (nSPS) is 19.0. The highest BCUT2D eigenvalue weighted by Gasteiger charge is 2.25. The van der Waals surface area contributed by atoms with Crippen molar-refractivity contribution in [2.45, 2.75) is 57.4 Å². The zero-order valence-corrected chi connectivity index (χ0v) is 15.8. The second kappa shape index (κ2) is 8.40.